The average Bonchev–Trinajstić information content (AvgIpc) is 3.41. The Morgan fingerprint density at radius 2 is 0.917 bits per heavy atom. The third-order valence-electron chi connectivity index (χ3n) is 8.86. The van der Waals surface area contributed by atoms with Crippen molar-refractivity contribution in [3.05, 3.63) is 179 Å². The summed E-state index contributed by atoms with van der Waals surface area (Å²) in [5, 5.41) is 0. The van der Waals surface area contributed by atoms with Crippen LogP contribution >= 0.6 is 8.60 Å². The maximum atomic E-state index is 14.1. The van der Waals surface area contributed by atoms with Crippen molar-refractivity contribution in [3.63, 3.8) is 0 Å². The minimum Gasteiger partial charge on any atom is -0.392 e. The molecule has 7 nitrogen and oxygen atoms in total. The molecule has 3 atom stereocenters. The molecule has 5 aromatic carbocycles. The predicted molar refractivity (Wildman–Crippen MR) is 183 cm³/mol. The molecule has 0 N–H and O–H groups in total. The van der Waals surface area contributed by atoms with Gasteiger partial charge in [-0.2, -0.15) is 0 Å². The van der Waals surface area contributed by atoms with Crippen LogP contribution in [0.25, 0.3) is 0 Å². The fraction of sp³-hybridized carbons (Fsp3) is 0.225. The van der Waals surface area contributed by atoms with Crippen molar-refractivity contribution in [3.8, 4) is 0 Å². The number of carbonyl (C=O) groups excluding carboxylic acids is 1. The first-order valence-electron chi connectivity index (χ1n) is 15.9. The van der Waals surface area contributed by atoms with Gasteiger partial charge in [-0.3, -0.25) is 9.05 Å². The molecule has 2 heterocycles. The third-order valence-corrected chi connectivity index (χ3v) is 10.1. The minimum atomic E-state index is -2.48. The molecular weight excluding hydrogens is 623 g/mol. The van der Waals surface area contributed by atoms with Crippen LogP contribution in [0.1, 0.15) is 47.8 Å². The summed E-state index contributed by atoms with van der Waals surface area (Å²) in [7, 11) is -1.00. The molecule has 0 aromatic heterocycles. The van der Waals surface area contributed by atoms with Gasteiger partial charge in [0.15, 0.2) is 23.1 Å². The third kappa shape index (κ3) is 5.77. The van der Waals surface area contributed by atoms with Crippen molar-refractivity contribution in [1.82, 2.24) is 0 Å². The summed E-state index contributed by atoms with van der Waals surface area (Å²) < 4.78 is 40.4. The van der Waals surface area contributed by atoms with Crippen molar-refractivity contribution >= 4 is 14.6 Å². The Kier molecular flexibility index (Phi) is 9.01. The molecule has 0 aliphatic carbocycles. The zero-order valence-electron chi connectivity index (χ0n) is 27.0. The largest absolute Gasteiger partial charge is 0.402 e. The van der Waals surface area contributed by atoms with Crippen LogP contribution in [-0.2, 0) is 43.8 Å². The lowest BCUT2D eigenvalue weighted by Gasteiger charge is -2.41. The predicted octanol–water partition coefficient (Wildman–Crippen LogP) is 8.60. The van der Waals surface area contributed by atoms with Crippen LogP contribution in [0.4, 0.5) is 0 Å². The SMILES string of the molecule is CO[C@@H](C(=O)OP1OC(c2ccccc2)(c2ccccc2)[C@@H]2OC(C)(C)O[C@H]2C(c2ccccc2)(c2ccccc2)O1)c1ccccc1. The second-order valence-corrected chi connectivity index (χ2v) is 13.3. The van der Waals surface area contributed by atoms with Gasteiger partial charge in [0.2, 0.25) is 0 Å². The van der Waals surface area contributed by atoms with Crippen molar-refractivity contribution < 1.29 is 32.6 Å². The highest BCUT2D eigenvalue weighted by atomic mass is 31.2. The van der Waals surface area contributed by atoms with Gasteiger partial charge < -0.3 is 18.7 Å². The standard InChI is InChI=1S/C40H37O7P/c1-38(2)43-35-36(44-38)40(32-25-15-7-16-26-32,33-27-17-8-18-28-33)47-48(45-37(41)34(42-3)29-19-9-4-10-20-29)46-39(35,30-21-11-5-12-22-30)31-23-13-6-14-24-31/h4-28,34-36H,1-3H3/t34-,35-,36-/m1/s1. The molecule has 8 heteroatoms. The summed E-state index contributed by atoms with van der Waals surface area (Å²) in [5.41, 5.74) is 1.15. The Balaban J connectivity index is 1.49. The number of hydrogen-bond donors (Lipinski definition) is 0. The summed E-state index contributed by atoms with van der Waals surface area (Å²) in [6, 6.07) is 48.6. The van der Waals surface area contributed by atoms with Crippen molar-refractivity contribution in [1.29, 1.82) is 0 Å². The minimum absolute atomic E-state index is 0.644. The van der Waals surface area contributed by atoms with Gasteiger partial charge in [-0.05, 0) is 41.7 Å². The Hall–Kier alpha value is -4.20. The van der Waals surface area contributed by atoms with Crippen LogP contribution in [-0.4, -0.2) is 31.1 Å². The maximum Gasteiger partial charge on any atom is 0.402 e. The molecule has 5 aromatic rings. The van der Waals surface area contributed by atoms with Crippen LogP contribution < -0.4 is 0 Å². The molecule has 2 fully saturated rings. The number of rotatable bonds is 8. The van der Waals surface area contributed by atoms with Gasteiger partial charge in [0.1, 0.15) is 12.2 Å². The number of fused-ring (bicyclic) bond motifs is 1. The zero-order chi connectivity index (χ0) is 33.2. The number of methoxy groups -OCH3 is 1. The van der Waals surface area contributed by atoms with E-state index in [4.69, 9.17) is 27.8 Å². The van der Waals surface area contributed by atoms with Gasteiger partial charge in [0, 0.05) is 7.11 Å². The van der Waals surface area contributed by atoms with E-state index < -0.39 is 49.9 Å². The molecule has 2 saturated heterocycles. The highest BCUT2D eigenvalue weighted by molar-refractivity contribution is 7.42. The quantitative estimate of drug-likeness (QED) is 0.154. The first-order valence-corrected chi connectivity index (χ1v) is 17.0. The van der Waals surface area contributed by atoms with Crippen LogP contribution in [0.2, 0.25) is 0 Å². The summed E-state index contributed by atoms with van der Waals surface area (Å²) in [4.78, 5) is 14.1. The molecular formula is C40H37O7P. The van der Waals surface area contributed by atoms with Crippen LogP contribution in [0.15, 0.2) is 152 Å². The zero-order valence-corrected chi connectivity index (χ0v) is 27.9. The number of ether oxygens (including phenoxy) is 3. The van der Waals surface area contributed by atoms with Gasteiger partial charge in [-0.15, -0.1) is 0 Å². The molecule has 0 saturated carbocycles. The summed E-state index contributed by atoms with van der Waals surface area (Å²) in [5.74, 6) is -1.68. The van der Waals surface area contributed by atoms with Gasteiger partial charge in [-0.25, -0.2) is 4.79 Å². The molecule has 244 valence electrons. The van der Waals surface area contributed by atoms with E-state index in [0.717, 1.165) is 22.3 Å². The van der Waals surface area contributed by atoms with Crippen LogP contribution in [0.3, 0.4) is 0 Å². The molecule has 0 amide bonds. The Morgan fingerprint density at radius 3 is 1.25 bits per heavy atom. The Morgan fingerprint density at radius 1 is 0.583 bits per heavy atom. The van der Waals surface area contributed by atoms with Gasteiger partial charge in [0.05, 0.1) is 0 Å². The average molecular weight is 661 g/mol. The number of carbonyl (C=O) groups is 1. The van der Waals surface area contributed by atoms with Crippen molar-refractivity contribution in [2.75, 3.05) is 7.11 Å². The Bertz CT molecular complexity index is 1620. The van der Waals surface area contributed by atoms with Gasteiger partial charge in [0.25, 0.3) is 0 Å². The lowest BCUT2D eigenvalue weighted by Crippen LogP contribution is -2.53. The first-order chi connectivity index (χ1) is 23.4. The second kappa shape index (κ2) is 13.4. The normalized spacial score (nSPS) is 21.8. The van der Waals surface area contributed by atoms with E-state index in [-0.39, 0.29) is 0 Å². The van der Waals surface area contributed by atoms with E-state index in [1.165, 1.54) is 7.11 Å². The molecule has 7 rings (SSSR count). The molecule has 48 heavy (non-hydrogen) atoms. The highest BCUT2D eigenvalue weighted by Gasteiger charge is 2.67. The number of hydrogen-bond acceptors (Lipinski definition) is 7. The monoisotopic (exact) mass is 660 g/mol. The Labute approximate surface area is 282 Å². The topological polar surface area (TPSA) is 72.5 Å². The molecule has 0 radical (unpaired) electrons. The van der Waals surface area contributed by atoms with Crippen LogP contribution in [0, 0.1) is 0 Å². The molecule has 0 unspecified atom stereocenters. The van der Waals surface area contributed by atoms with Gasteiger partial charge >= 0.3 is 14.6 Å². The summed E-state index contributed by atoms with van der Waals surface area (Å²) in [6.45, 7) is 3.80. The maximum absolute atomic E-state index is 14.1. The van der Waals surface area contributed by atoms with Crippen molar-refractivity contribution in [2.45, 2.75) is 49.1 Å². The van der Waals surface area contributed by atoms with Crippen LogP contribution in [0.5, 0.6) is 0 Å². The first kappa shape index (κ1) is 32.4. The molecule has 2 aliphatic rings. The second-order valence-electron chi connectivity index (χ2n) is 12.3. The fourth-order valence-electron chi connectivity index (χ4n) is 6.81. The molecule has 0 spiro atoms. The highest BCUT2D eigenvalue weighted by Crippen LogP contribution is 2.65. The lowest BCUT2D eigenvalue weighted by molar-refractivity contribution is -0.178. The van der Waals surface area contributed by atoms with E-state index in [1.807, 2.05) is 166 Å². The summed E-state index contributed by atoms with van der Waals surface area (Å²) >= 11 is 0. The van der Waals surface area contributed by atoms with E-state index >= 15 is 0 Å². The van der Waals surface area contributed by atoms with E-state index in [2.05, 4.69) is 0 Å². The molecule has 0 bridgehead atoms. The van der Waals surface area contributed by atoms with E-state index in [1.54, 1.807) is 0 Å². The van der Waals surface area contributed by atoms with E-state index in [9.17, 15) is 4.79 Å². The van der Waals surface area contributed by atoms with E-state index in [0.29, 0.717) is 5.56 Å². The smallest absolute Gasteiger partial charge is 0.392 e. The van der Waals surface area contributed by atoms with Crippen molar-refractivity contribution in [2.24, 2.45) is 0 Å². The molecule has 2 aliphatic heterocycles. The number of benzene rings is 5. The fourth-order valence-corrected chi connectivity index (χ4v) is 8.27. The lowest BCUT2D eigenvalue weighted by atomic mass is 9.72. The summed E-state index contributed by atoms with van der Waals surface area (Å²) in [6.07, 6.45) is -2.58. The van der Waals surface area contributed by atoms with Gasteiger partial charge in [-0.1, -0.05) is 152 Å².